The van der Waals surface area contributed by atoms with Gasteiger partial charge < -0.3 is 9.30 Å². The number of thioether (sulfide) groups is 1. The number of aryl methyl sites for hydroxylation is 1. The number of rotatable bonds is 7. The highest BCUT2D eigenvalue weighted by Crippen LogP contribution is 2.26. The third-order valence-electron chi connectivity index (χ3n) is 4.16. The van der Waals surface area contributed by atoms with Gasteiger partial charge in [0, 0.05) is 17.8 Å². The van der Waals surface area contributed by atoms with Crippen LogP contribution in [0.5, 0.6) is 5.75 Å². The van der Waals surface area contributed by atoms with E-state index in [0.717, 1.165) is 33.9 Å². The van der Waals surface area contributed by atoms with Crippen LogP contribution < -0.4 is 4.74 Å². The summed E-state index contributed by atoms with van der Waals surface area (Å²) in [7, 11) is 1.97. The van der Waals surface area contributed by atoms with E-state index in [1.165, 1.54) is 11.1 Å². The molecule has 3 rings (SSSR count). The van der Waals surface area contributed by atoms with Crippen LogP contribution in [0.1, 0.15) is 36.9 Å². The summed E-state index contributed by atoms with van der Waals surface area (Å²) in [4.78, 5) is 0. The molecule has 0 fully saturated rings. The standard InChI is InChI=1S/C20H22ClN3OS/c1-4-15-7-11-18(12-8-15)25-14(2)19-22-23-20(24(19)3)26-13-16-5-9-17(21)10-6-16/h5-12,14H,4,13H2,1-3H3. The molecule has 0 aliphatic carbocycles. The zero-order valence-electron chi connectivity index (χ0n) is 15.1. The van der Waals surface area contributed by atoms with E-state index in [2.05, 4.69) is 29.3 Å². The summed E-state index contributed by atoms with van der Waals surface area (Å²) in [5.74, 6) is 2.47. The molecule has 3 aromatic rings. The average Bonchev–Trinajstić information content (AvgIpc) is 3.02. The Morgan fingerprint density at radius 3 is 2.35 bits per heavy atom. The minimum absolute atomic E-state index is 0.176. The van der Waals surface area contributed by atoms with E-state index >= 15 is 0 Å². The van der Waals surface area contributed by atoms with Gasteiger partial charge in [-0.3, -0.25) is 0 Å². The van der Waals surface area contributed by atoms with Crippen LogP contribution in [0.25, 0.3) is 0 Å². The first-order valence-electron chi connectivity index (χ1n) is 8.59. The van der Waals surface area contributed by atoms with Crippen LogP contribution >= 0.6 is 23.4 Å². The normalized spacial score (nSPS) is 12.2. The third kappa shape index (κ3) is 4.59. The maximum Gasteiger partial charge on any atom is 0.191 e. The molecule has 1 atom stereocenters. The summed E-state index contributed by atoms with van der Waals surface area (Å²) >= 11 is 7.57. The van der Waals surface area contributed by atoms with Crippen LogP contribution in [0.3, 0.4) is 0 Å². The maximum absolute atomic E-state index is 6.02. The van der Waals surface area contributed by atoms with E-state index in [4.69, 9.17) is 16.3 Å². The second kappa shape index (κ2) is 8.60. The average molecular weight is 388 g/mol. The number of hydrogen-bond acceptors (Lipinski definition) is 4. The number of benzene rings is 2. The van der Waals surface area contributed by atoms with Gasteiger partial charge in [0.2, 0.25) is 0 Å². The highest BCUT2D eigenvalue weighted by atomic mass is 35.5. The minimum atomic E-state index is -0.176. The molecular weight excluding hydrogens is 366 g/mol. The summed E-state index contributed by atoms with van der Waals surface area (Å²) in [6.07, 6.45) is 0.845. The van der Waals surface area contributed by atoms with Crippen molar-refractivity contribution in [2.75, 3.05) is 0 Å². The topological polar surface area (TPSA) is 39.9 Å². The summed E-state index contributed by atoms with van der Waals surface area (Å²) in [6, 6.07) is 16.0. The first-order valence-corrected chi connectivity index (χ1v) is 9.95. The Bertz CT molecular complexity index is 846. The predicted molar refractivity (Wildman–Crippen MR) is 107 cm³/mol. The molecule has 1 heterocycles. The van der Waals surface area contributed by atoms with Crippen molar-refractivity contribution in [2.24, 2.45) is 7.05 Å². The Labute approximate surface area is 163 Å². The molecule has 2 aromatic carbocycles. The van der Waals surface area contributed by atoms with E-state index in [1.807, 2.05) is 54.9 Å². The van der Waals surface area contributed by atoms with Crippen molar-refractivity contribution in [3.05, 3.63) is 70.5 Å². The fourth-order valence-electron chi connectivity index (χ4n) is 2.59. The lowest BCUT2D eigenvalue weighted by Gasteiger charge is -2.14. The van der Waals surface area contributed by atoms with Crippen molar-refractivity contribution in [1.82, 2.24) is 14.8 Å². The van der Waals surface area contributed by atoms with Gasteiger partial charge in [-0.05, 0) is 48.7 Å². The monoisotopic (exact) mass is 387 g/mol. The molecule has 1 unspecified atom stereocenters. The van der Waals surface area contributed by atoms with Crippen LogP contribution in [0.4, 0.5) is 0 Å². The smallest absolute Gasteiger partial charge is 0.191 e. The van der Waals surface area contributed by atoms with Gasteiger partial charge in [-0.2, -0.15) is 0 Å². The number of halogens is 1. The zero-order valence-corrected chi connectivity index (χ0v) is 16.7. The highest BCUT2D eigenvalue weighted by Gasteiger charge is 2.17. The van der Waals surface area contributed by atoms with Crippen LogP contribution in [0.15, 0.2) is 53.7 Å². The number of ether oxygens (including phenoxy) is 1. The van der Waals surface area contributed by atoms with Gasteiger partial charge in [-0.1, -0.05) is 54.6 Å². The van der Waals surface area contributed by atoms with Crippen LogP contribution in [-0.4, -0.2) is 14.8 Å². The van der Waals surface area contributed by atoms with E-state index in [1.54, 1.807) is 11.8 Å². The molecule has 0 radical (unpaired) electrons. The molecule has 6 heteroatoms. The van der Waals surface area contributed by atoms with Crippen LogP contribution in [0, 0.1) is 0 Å². The molecular formula is C20H22ClN3OS. The second-order valence-corrected chi connectivity index (χ2v) is 7.45. The quantitative estimate of drug-likeness (QED) is 0.504. The molecule has 136 valence electrons. The van der Waals surface area contributed by atoms with Gasteiger partial charge in [0.25, 0.3) is 0 Å². The summed E-state index contributed by atoms with van der Waals surface area (Å²) in [5.41, 5.74) is 2.49. The molecule has 0 bridgehead atoms. The Kier molecular flexibility index (Phi) is 6.22. The van der Waals surface area contributed by atoms with Crippen molar-refractivity contribution in [2.45, 2.75) is 37.3 Å². The van der Waals surface area contributed by atoms with Crippen molar-refractivity contribution in [3.8, 4) is 5.75 Å². The minimum Gasteiger partial charge on any atom is -0.483 e. The summed E-state index contributed by atoms with van der Waals surface area (Å²) in [5, 5.41) is 10.2. The first kappa shape index (κ1) is 18.8. The molecule has 0 spiro atoms. The Hall–Kier alpha value is -1.98. The van der Waals surface area contributed by atoms with Crippen LogP contribution in [0.2, 0.25) is 5.02 Å². The maximum atomic E-state index is 6.02. The molecule has 0 N–H and O–H groups in total. The van der Waals surface area contributed by atoms with Gasteiger partial charge in [0.05, 0.1) is 0 Å². The highest BCUT2D eigenvalue weighted by molar-refractivity contribution is 7.98. The molecule has 26 heavy (non-hydrogen) atoms. The van der Waals surface area contributed by atoms with E-state index in [-0.39, 0.29) is 6.10 Å². The van der Waals surface area contributed by atoms with Gasteiger partial charge in [0.15, 0.2) is 17.1 Å². The molecule has 0 amide bonds. The van der Waals surface area contributed by atoms with E-state index in [9.17, 15) is 0 Å². The SMILES string of the molecule is CCc1ccc(OC(C)c2nnc(SCc3ccc(Cl)cc3)n2C)cc1. The largest absolute Gasteiger partial charge is 0.483 e. The molecule has 0 saturated heterocycles. The summed E-state index contributed by atoms with van der Waals surface area (Å²) in [6.45, 7) is 4.13. The number of aromatic nitrogens is 3. The van der Waals surface area contributed by atoms with Gasteiger partial charge in [-0.15, -0.1) is 10.2 Å². The number of nitrogens with zero attached hydrogens (tertiary/aromatic N) is 3. The van der Waals surface area contributed by atoms with Crippen molar-refractivity contribution >= 4 is 23.4 Å². The lowest BCUT2D eigenvalue weighted by molar-refractivity contribution is 0.211. The predicted octanol–water partition coefficient (Wildman–Crippen LogP) is 5.46. The zero-order chi connectivity index (χ0) is 18.5. The fourth-order valence-corrected chi connectivity index (χ4v) is 3.59. The van der Waals surface area contributed by atoms with Crippen molar-refractivity contribution < 1.29 is 4.74 Å². The summed E-state index contributed by atoms with van der Waals surface area (Å²) < 4.78 is 8.01. The van der Waals surface area contributed by atoms with Gasteiger partial charge >= 0.3 is 0 Å². The van der Waals surface area contributed by atoms with Crippen LogP contribution in [-0.2, 0) is 19.2 Å². The molecule has 0 aliphatic heterocycles. The Balaban J connectivity index is 1.64. The molecule has 0 saturated carbocycles. The van der Waals surface area contributed by atoms with Gasteiger partial charge in [0.1, 0.15) is 5.75 Å². The molecule has 1 aromatic heterocycles. The van der Waals surface area contributed by atoms with Crippen molar-refractivity contribution in [1.29, 1.82) is 0 Å². The lowest BCUT2D eigenvalue weighted by Crippen LogP contribution is -2.10. The van der Waals surface area contributed by atoms with E-state index < -0.39 is 0 Å². The third-order valence-corrected chi connectivity index (χ3v) is 5.50. The van der Waals surface area contributed by atoms with Crippen molar-refractivity contribution in [3.63, 3.8) is 0 Å². The number of hydrogen-bond donors (Lipinski definition) is 0. The fraction of sp³-hybridized carbons (Fsp3) is 0.300. The molecule has 4 nitrogen and oxygen atoms in total. The lowest BCUT2D eigenvalue weighted by atomic mass is 10.2. The first-order chi connectivity index (χ1) is 12.6. The Morgan fingerprint density at radius 2 is 1.69 bits per heavy atom. The van der Waals surface area contributed by atoms with E-state index in [0.29, 0.717) is 0 Å². The second-order valence-electron chi connectivity index (χ2n) is 6.07. The molecule has 0 aliphatic rings. The van der Waals surface area contributed by atoms with Gasteiger partial charge in [-0.25, -0.2) is 0 Å². The Morgan fingerprint density at radius 1 is 1.04 bits per heavy atom.